The monoisotopic (exact) mass is 665 g/mol. The first-order valence-corrected chi connectivity index (χ1v) is 17.2. The topological polar surface area (TPSA) is 110 Å². The predicted octanol–water partition coefficient (Wildman–Crippen LogP) is 6.57. The highest BCUT2D eigenvalue weighted by atomic mass is 19.1. The first kappa shape index (κ1) is 34.1. The summed E-state index contributed by atoms with van der Waals surface area (Å²) in [7, 11) is 0. The van der Waals surface area contributed by atoms with Crippen molar-refractivity contribution in [2.75, 3.05) is 32.7 Å². The van der Waals surface area contributed by atoms with E-state index in [4.69, 9.17) is 15.2 Å². The van der Waals surface area contributed by atoms with Crippen LogP contribution < -0.4 is 15.8 Å². The van der Waals surface area contributed by atoms with E-state index in [2.05, 4.69) is 39.5 Å². The maximum atomic E-state index is 14.2. The number of halogens is 1. The van der Waals surface area contributed by atoms with Gasteiger partial charge in [0.05, 0.1) is 6.20 Å². The van der Waals surface area contributed by atoms with Crippen molar-refractivity contribution in [3.05, 3.63) is 114 Å². The number of aryl methyl sites for hydroxylation is 1. The van der Waals surface area contributed by atoms with Crippen LogP contribution in [0.2, 0.25) is 0 Å². The molecule has 2 amide bonds. The zero-order valence-corrected chi connectivity index (χ0v) is 27.7. The second-order valence-electron chi connectivity index (χ2n) is 12.9. The Morgan fingerprint density at radius 1 is 0.857 bits per heavy atom. The third kappa shape index (κ3) is 9.64. The molecule has 2 heterocycles. The third-order valence-electron chi connectivity index (χ3n) is 9.25. The summed E-state index contributed by atoms with van der Waals surface area (Å²) < 4.78 is 25.8. The zero-order chi connectivity index (χ0) is 34.0. The van der Waals surface area contributed by atoms with Gasteiger partial charge < -0.3 is 25.4 Å². The van der Waals surface area contributed by atoms with Crippen LogP contribution in [-0.2, 0) is 17.8 Å². The second kappa shape index (κ2) is 16.5. The van der Waals surface area contributed by atoms with Crippen LogP contribution in [0.4, 0.5) is 9.18 Å². The fourth-order valence-electron chi connectivity index (χ4n) is 6.43. The van der Waals surface area contributed by atoms with E-state index in [1.165, 1.54) is 11.6 Å². The first-order chi connectivity index (χ1) is 23.9. The molecule has 1 aromatic heterocycles. The number of hydrogen-bond acceptors (Lipinski definition) is 7. The van der Waals surface area contributed by atoms with Gasteiger partial charge in [0.1, 0.15) is 23.7 Å². The van der Waals surface area contributed by atoms with E-state index in [0.717, 1.165) is 81.0 Å². The van der Waals surface area contributed by atoms with Crippen molar-refractivity contribution >= 4 is 12.0 Å². The molecule has 0 bridgehead atoms. The molecule has 6 rings (SSSR count). The Morgan fingerprint density at radius 2 is 1.57 bits per heavy atom. The average Bonchev–Trinajstić information content (AvgIpc) is 3.13. The number of benzene rings is 3. The Bertz CT molecular complexity index is 1700. The van der Waals surface area contributed by atoms with Crippen molar-refractivity contribution in [1.29, 1.82) is 0 Å². The lowest BCUT2D eigenvalue weighted by atomic mass is 9.91. The first-order valence-electron chi connectivity index (χ1n) is 17.2. The summed E-state index contributed by atoms with van der Waals surface area (Å²) in [5, 5.41) is 3.00. The molecule has 1 saturated heterocycles. The summed E-state index contributed by atoms with van der Waals surface area (Å²) >= 11 is 0. The number of amides is 2. The zero-order valence-electron chi connectivity index (χ0n) is 27.7. The number of carbonyl (C=O) groups is 2. The van der Waals surface area contributed by atoms with Crippen LogP contribution in [-0.4, -0.2) is 71.6 Å². The third-order valence-corrected chi connectivity index (χ3v) is 9.25. The van der Waals surface area contributed by atoms with E-state index in [9.17, 15) is 14.0 Å². The Kier molecular flexibility index (Phi) is 11.5. The molecule has 2 fully saturated rings. The standard InChI is InChI=1S/C39H44FN5O4/c40-32-25-36(37(46)43-34-16-14-33(41)15-17-34)38(42-26-32)49-35-13-5-12-31(24-35)30-11-4-9-28(23-30)10-6-18-44-19-21-45(22-20-44)39(47)48-27-29-7-2-1-3-8-29/h1-5,7-9,11-13,23-26,33-34H,6,10,14-22,27,41H2,(H,43,46). The number of aromatic nitrogens is 1. The van der Waals surface area contributed by atoms with Gasteiger partial charge in [-0.1, -0.05) is 66.7 Å². The molecule has 0 spiro atoms. The summed E-state index contributed by atoms with van der Waals surface area (Å²) in [6, 6.07) is 27.1. The summed E-state index contributed by atoms with van der Waals surface area (Å²) in [5.74, 6) is -0.449. The number of nitrogens with zero attached hydrogens (tertiary/aromatic N) is 3. The van der Waals surface area contributed by atoms with Crippen LogP contribution in [0.1, 0.15) is 53.6 Å². The summed E-state index contributed by atoms with van der Waals surface area (Å²) in [5.41, 5.74) is 10.3. The molecule has 0 atom stereocenters. The van der Waals surface area contributed by atoms with Crippen molar-refractivity contribution in [3.8, 4) is 22.8 Å². The maximum absolute atomic E-state index is 14.2. The molecule has 49 heavy (non-hydrogen) atoms. The van der Waals surface area contributed by atoms with Gasteiger partial charge >= 0.3 is 6.09 Å². The lowest BCUT2D eigenvalue weighted by Gasteiger charge is -2.34. The fourth-order valence-corrected chi connectivity index (χ4v) is 6.43. The molecule has 1 aliphatic carbocycles. The Morgan fingerprint density at radius 3 is 2.35 bits per heavy atom. The summed E-state index contributed by atoms with van der Waals surface area (Å²) in [4.78, 5) is 33.9. The number of rotatable bonds is 11. The predicted molar refractivity (Wildman–Crippen MR) is 187 cm³/mol. The molecule has 2 aliphatic rings. The van der Waals surface area contributed by atoms with Crippen molar-refractivity contribution in [1.82, 2.24) is 20.1 Å². The molecular formula is C39H44FN5O4. The summed E-state index contributed by atoms with van der Waals surface area (Å²) in [6.45, 7) is 4.23. The van der Waals surface area contributed by atoms with E-state index >= 15 is 0 Å². The lowest BCUT2D eigenvalue weighted by molar-refractivity contribution is 0.0714. The quantitative estimate of drug-likeness (QED) is 0.187. The van der Waals surface area contributed by atoms with Crippen LogP contribution in [0.25, 0.3) is 11.1 Å². The van der Waals surface area contributed by atoms with Crippen molar-refractivity contribution in [3.63, 3.8) is 0 Å². The van der Waals surface area contributed by atoms with Crippen molar-refractivity contribution < 1.29 is 23.5 Å². The van der Waals surface area contributed by atoms with Gasteiger partial charge in [-0.05, 0) is 85.5 Å². The van der Waals surface area contributed by atoms with E-state index in [0.29, 0.717) is 18.8 Å². The molecular weight excluding hydrogens is 621 g/mol. The van der Waals surface area contributed by atoms with Crippen molar-refractivity contribution in [2.45, 2.75) is 57.2 Å². The van der Waals surface area contributed by atoms with Gasteiger partial charge in [0, 0.05) is 38.3 Å². The lowest BCUT2D eigenvalue weighted by Crippen LogP contribution is -2.49. The number of pyridine rings is 1. The minimum absolute atomic E-state index is 0.00891. The van der Waals surface area contributed by atoms with E-state index < -0.39 is 11.7 Å². The fraction of sp³-hybridized carbons (Fsp3) is 0.359. The Hall–Kier alpha value is -4.80. The molecule has 0 unspecified atom stereocenters. The van der Waals surface area contributed by atoms with Gasteiger partial charge in [0.25, 0.3) is 5.91 Å². The molecule has 256 valence electrons. The molecule has 9 nitrogen and oxygen atoms in total. The van der Waals surface area contributed by atoms with Crippen LogP contribution >= 0.6 is 0 Å². The number of nitrogens with one attached hydrogen (secondary N) is 1. The smallest absolute Gasteiger partial charge is 0.410 e. The van der Waals surface area contributed by atoms with Gasteiger partial charge in [0.15, 0.2) is 0 Å². The number of piperazine rings is 1. The molecule has 3 aromatic carbocycles. The number of carbonyl (C=O) groups excluding carboxylic acids is 2. The van der Waals surface area contributed by atoms with Crippen LogP contribution in [0.5, 0.6) is 11.6 Å². The minimum atomic E-state index is -0.602. The highest BCUT2D eigenvalue weighted by Crippen LogP contribution is 2.30. The molecule has 0 radical (unpaired) electrons. The van der Waals surface area contributed by atoms with Crippen LogP contribution in [0, 0.1) is 5.82 Å². The van der Waals surface area contributed by atoms with E-state index in [-0.39, 0.29) is 36.2 Å². The van der Waals surface area contributed by atoms with Crippen LogP contribution in [0.3, 0.4) is 0 Å². The van der Waals surface area contributed by atoms with Gasteiger partial charge in [0.2, 0.25) is 5.88 Å². The normalized spacial score (nSPS) is 18.1. The summed E-state index contributed by atoms with van der Waals surface area (Å²) in [6.07, 6.45) is 5.99. The molecule has 10 heteroatoms. The van der Waals surface area contributed by atoms with E-state index in [1.54, 1.807) is 11.0 Å². The maximum Gasteiger partial charge on any atom is 0.410 e. The SMILES string of the molecule is NC1CCC(NC(=O)c2cc(F)cnc2Oc2cccc(-c3cccc(CCCN4CCN(C(=O)OCc5ccccc5)CC4)c3)c2)CC1. The molecule has 1 saturated carbocycles. The molecule has 3 N–H and O–H groups in total. The average molecular weight is 666 g/mol. The second-order valence-corrected chi connectivity index (χ2v) is 12.9. The number of nitrogens with two attached hydrogens (primary N) is 1. The van der Waals surface area contributed by atoms with E-state index in [1.807, 2.05) is 48.5 Å². The van der Waals surface area contributed by atoms with Gasteiger partial charge in [-0.15, -0.1) is 0 Å². The van der Waals surface area contributed by atoms with Gasteiger partial charge in [-0.2, -0.15) is 0 Å². The number of hydrogen-bond donors (Lipinski definition) is 2. The number of ether oxygens (including phenoxy) is 2. The Labute approximate surface area is 287 Å². The molecule has 4 aromatic rings. The Balaban J connectivity index is 0.999. The van der Waals surface area contributed by atoms with Gasteiger partial charge in [-0.3, -0.25) is 9.69 Å². The highest BCUT2D eigenvalue weighted by molar-refractivity contribution is 5.96. The minimum Gasteiger partial charge on any atom is -0.445 e. The van der Waals surface area contributed by atoms with Crippen molar-refractivity contribution in [2.24, 2.45) is 5.73 Å². The van der Waals surface area contributed by atoms with Crippen LogP contribution in [0.15, 0.2) is 91.1 Å². The highest BCUT2D eigenvalue weighted by Gasteiger charge is 2.24. The largest absolute Gasteiger partial charge is 0.445 e. The van der Waals surface area contributed by atoms with Gasteiger partial charge in [-0.25, -0.2) is 14.2 Å². The molecule has 1 aliphatic heterocycles.